The Morgan fingerprint density at radius 3 is 2.58 bits per heavy atom. The lowest BCUT2D eigenvalue weighted by atomic mass is 10.1. The maximum Gasteiger partial charge on any atom is 0.261 e. The molecule has 7 heteroatoms. The molecule has 1 aliphatic heterocycles. The third kappa shape index (κ3) is 3.05. The van der Waals surface area contributed by atoms with Gasteiger partial charge in [-0.2, -0.15) is 0 Å². The van der Waals surface area contributed by atoms with E-state index in [9.17, 15) is 19.2 Å². The number of rotatable bonds is 6. The molecule has 0 unspecified atom stereocenters. The van der Waals surface area contributed by atoms with E-state index in [1.54, 1.807) is 0 Å². The van der Waals surface area contributed by atoms with Gasteiger partial charge in [-0.1, -0.05) is 6.08 Å². The van der Waals surface area contributed by atoms with Crippen LogP contribution < -0.4 is 10.6 Å². The lowest BCUT2D eigenvalue weighted by molar-refractivity contribution is -0.120. The van der Waals surface area contributed by atoms with Crippen LogP contribution in [0.3, 0.4) is 0 Å². The number of carbonyl (C=O) groups is 4. The maximum absolute atomic E-state index is 12.2. The van der Waals surface area contributed by atoms with Crippen molar-refractivity contribution >= 4 is 23.6 Å². The zero-order valence-electron chi connectivity index (χ0n) is 13.0. The highest BCUT2D eigenvalue weighted by Gasteiger charge is 2.35. The molecule has 1 aromatic rings. The monoisotopic (exact) mass is 327 g/mol. The lowest BCUT2D eigenvalue weighted by Gasteiger charge is -2.09. The molecule has 0 aromatic heterocycles. The minimum absolute atomic E-state index is 0.120. The second kappa shape index (κ2) is 6.27. The van der Waals surface area contributed by atoms with Gasteiger partial charge in [0, 0.05) is 18.2 Å². The molecule has 1 fully saturated rings. The smallest absolute Gasteiger partial charge is 0.261 e. The summed E-state index contributed by atoms with van der Waals surface area (Å²) in [7, 11) is 0. The quantitative estimate of drug-likeness (QED) is 0.587. The van der Waals surface area contributed by atoms with Crippen molar-refractivity contribution in [2.45, 2.75) is 18.9 Å². The van der Waals surface area contributed by atoms with Gasteiger partial charge in [-0.15, -0.1) is 6.58 Å². The number of fused-ring (bicyclic) bond motifs is 1. The van der Waals surface area contributed by atoms with E-state index in [2.05, 4.69) is 17.2 Å². The fraction of sp³-hybridized carbons (Fsp3) is 0.294. The van der Waals surface area contributed by atoms with Gasteiger partial charge in [-0.3, -0.25) is 24.1 Å². The summed E-state index contributed by atoms with van der Waals surface area (Å²) in [6.45, 7) is 3.52. The molecule has 0 saturated heterocycles. The fourth-order valence-corrected chi connectivity index (χ4v) is 2.50. The second-order valence-corrected chi connectivity index (χ2v) is 5.79. The summed E-state index contributed by atoms with van der Waals surface area (Å²) in [4.78, 5) is 49.1. The Kier molecular flexibility index (Phi) is 4.16. The molecule has 4 amide bonds. The van der Waals surface area contributed by atoms with E-state index in [0.717, 1.165) is 17.7 Å². The zero-order valence-corrected chi connectivity index (χ0v) is 13.0. The predicted molar refractivity (Wildman–Crippen MR) is 85.5 cm³/mol. The van der Waals surface area contributed by atoms with Gasteiger partial charge in [0.05, 0.1) is 17.7 Å². The Hall–Kier alpha value is -2.96. The molecular weight excluding hydrogens is 310 g/mol. The van der Waals surface area contributed by atoms with Crippen LogP contribution in [0, 0.1) is 0 Å². The van der Waals surface area contributed by atoms with Crippen LogP contribution in [0.15, 0.2) is 30.9 Å². The molecule has 0 radical (unpaired) electrons. The number of nitrogens with one attached hydrogen (secondary N) is 2. The highest BCUT2D eigenvalue weighted by molar-refractivity contribution is 6.22. The largest absolute Gasteiger partial charge is 0.352 e. The summed E-state index contributed by atoms with van der Waals surface area (Å²) >= 11 is 0. The zero-order chi connectivity index (χ0) is 17.3. The van der Waals surface area contributed by atoms with Crippen molar-refractivity contribution in [2.75, 3.05) is 13.1 Å². The molecule has 24 heavy (non-hydrogen) atoms. The number of carbonyl (C=O) groups excluding carboxylic acids is 4. The standard InChI is InChI=1S/C17H17N3O4/c1-2-7-20-16(23)12-6-3-10(8-13(12)17(20)24)15(22)18-9-14(21)19-11-4-5-11/h2-3,6,8,11H,1,4-5,7,9H2,(H,18,22)(H,19,21). The summed E-state index contributed by atoms with van der Waals surface area (Å²) in [6, 6.07) is 4.54. The van der Waals surface area contributed by atoms with E-state index >= 15 is 0 Å². The van der Waals surface area contributed by atoms with Crippen molar-refractivity contribution in [1.29, 1.82) is 0 Å². The summed E-state index contributed by atoms with van der Waals surface area (Å²) in [5.74, 6) is -1.55. The van der Waals surface area contributed by atoms with Crippen molar-refractivity contribution in [3.8, 4) is 0 Å². The average Bonchev–Trinajstić information content (AvgIpc) is 3.36. The number of hydrogen-bond donors (Lipinski definition) is 2. The first kappa shape index (κ1) is 15.9. The number of benzene rings is 1. The van der Waals surface area contributed by atoms with E-state index in [0.29, 0.717) is 0 Å². The summed E-state index contributed by atoms with van der Waals surface area (Å²) in [6.07, 6.45) is 3.41. The minimum atomic E-state index is -0.467. The number of imide groups is 1. The first-order valence-electron chi connectivity index (χ1n) is 7.70. The molecule has 2 N–H and O–H groups in total. The maximum atomic E-state index is 12.2. The van der Waals surface area contributed by atoms with Crippen LogP contribution in [0.1, 0.15) is 43.9 Å². The Morgan fingerprint density at radius 2 is 1.92 bits per heavy atom. The van der Waals surface area contributed by atoms with Gasteiger partial charge in [-0.25, -0.2) is 0 Å². The molecule has 3 rings (SSSR count). The van der Waals surface area contributed by atoms with Gasteiger partial charge in [0.25, 0.3) is 17.7 Å². The van der Waals surface area contributed by atoms with Crippen LogP contribution in [0.2, 0.25) is 0 Å². The first-order chi connectivity index (χ1) is 11.5. The third-order valence-corrected chi connectivity index (χ3v) is 3.90. The van der Waals surface area contributed by atoms with Crippen LogP contribution >= 0.6 is 0 Å². The Balaban J connectivity index is 1.69. The predicted octanol–water partition coefficient (Wildman–Crippen LogP) is 0.477. The van der Waals surface area contributed by atoms with Gasteiger partial charge in [0.1, 0.15) is 0 Å². The molecule has 0 spiro atoms. The summed E-state index contributed by atoms with van der Waals surface area (Å²) < 4.78 is 0. The van der Waals surface area contributed by atoms with Crippen molar-refractivity contribution in [3.05, 3.63) is 47.5 Å². The molecule has 1 aromatic carbocycles. The fourth-order valence-electron chi connectivity index (χ4n) is 2.50. The number of amides is 4. The molecule has 0 atom stereocenters. The van der Waals surface area contributed by atoms with Crippen LogP contribution in [0.4, 0.5) is 0 Å². The molecule has 0 bridgehead atoms. The molecule has 124 valence electrons. The lowest BCUT2D eigenvalue weighted by Crippen LogP contribution is -2.37. The molecular formula is C17H17N3O4. The highest BCUT2D eigenvalue weighted by Crippen LogP contribution is 2.24. The van der Waals surface area contributed by atoms with Crippen LogP contribution in [-0.4, -0.2) is 47.7 Å². The first-order valence-corrected chi connectivity index (χ1v) is 7.70. The minimum Gasteiger partial charge on any atom is -0.352 e. The average molecular weight is 327 g/mol. The van der Waals surface area contributed by atoms with Crippen LogP contribution in [0.25, 0.3) is 0 Å². The SMILES string of the molecule is C=CCN1C(=O)c2ccc(C(=O)NCC(=O)NC3CC3)cc2C1=O. The van der Waals surface area contributed by atoms with E-state index in [4.69, 9.17) is 0 Å². The molecule has 1 heterocycles. The topological polar surface area (TPSA) is 95.6 Å². The van der Waals surface area contributed by atoms with Gasteiger partial charge < -0.3 is 10.6 Å². The van der Waals surface area contributed by atoms with Crippen molar-refractivity contribution in [2.24, 2.45) is 0 Å². The molecule has 1 saturated carbocycles. The molecule has 2 aliphatic rings. The molecule has 7 nitrogen and oxygen atoms in total. The van der Waals surface area contributed by atoms with E-state index in [1.165, 1.54) is 24.3 Å². The van der Waals surface area contributed by atoms with Gasteiger partial charge >= 0.3 is 0 Å². The van der Waals surface area contributed by atoms with E-state index in [-0.39, 0.29) is 41.7 Å². The summed E-state index contributed by atoms with van der Waals surface area (Å²) in [5.41, 5.74) is 0.691. The van der Waals surface area contributed by atoms with Crippen LogP contribution in [0.5, 0.6) is 0 Å². The number of nitrogens with zero attached hydrogens (tertiary/aromatic N) is 1. The van der Waals surface area contributed by atoms with E-state index in [1.807, 2.05) is 0 Å². The summed E-state index contributed by atoms with van der Waals surface area (Å²) in [5, 5.41) is 5.28. The Labute approximate surface area is 138 Å². The third-order valence-electron chi connectivity index (χ3n) is 3.90. The van der Waals surface area contributed by atoms with Crippen molar-refractivity contribution in [1.82, 2.24) is 15.5 Å². The van der Waals surface area contributed by atoms with Gasteiger partial charge in [0.2, 0.25) is 5.91 Å². The number of hydrogen-bond acceptors (Lipinski definition) is 4. The Bertz CT molecular complexity index is 752. The normalized spacial score (nSPS) is 15.9. The second-order valence-electron chi connectivity index (χ2n) is 5.79. The van der Waals surface area contributed by atoms with Crippen molar-refractivity contribution in [3.63, 3.8) is 0 Å². The van der Waals surface area contributed by atoms with E-state index < -0.39 is 17.7 Å². The highest BCUT2D eigenvalue weighted by atomic mass is 16.2. The van der Waals surface area contributed by atoms with Crippen LogP contribution in [-0.2, 0) is 4.79 Å². The Morgan fingerprint density at radius 1 is 1.21 bits per heavy atom. The molecule has 1 aliphatic carbocycles. The van der Waals surface area contributed by atoms with Gasteiger partial charge in [-0.05, 0) is 31.0 Å². The van der Waals surface area contributed by atoms with Gasteiger partial charge in [0.15, 0.2) is 0 Å². The van der Waals surface area contributed by atoms with Crippen molar-refractivity contribution < 1.29 is 19.2 Å².